The number of hydrogen-bond acceptors (Lipinski definition) is 2. The molecule has 2 unspecified atom stereocenters. The Morgan fingerprint density at radius 2 is 1.79 bits per heavy atom. The van der Waals surface area contributed by atoms with E-state index in [0.29, 0.717) is 17.6 Å². The van der Waals surface area contributed by atoms with E-state index in [1.54, 1.807) is 0 Å². The van der Waals surface area contributed by atoms with Crippen molar-refractivity contribution in [3.05, 3.63) is 29.8 Å². The van der Waals surface area contributed by atoms with Crippen molar-refractivity contribution in [1.82, 2.24) is 5.32 Å². The second kappa shape index (κ2) is 5.96. The van der Waals surface area contributed by atoms with Gasteiger partial charge in [-0.2, -0.15) is 0 Å². The SMILES string of the molecule is CCc1ccc(OC2CC(NC)C2(CC)CC)cc1. The molecule has 1 aromatic carbocycles. The predicted octanol–water partition coefficient (Wildman–Crippen LogP) is 3.79. The van der Waals surface area contributed by atoms with Gasteiger partial charge in [-0.05, 0) is 44.0 Å². The molecular formula is C17H27NO. The zero-order valence-electron chi connectivity index (χ0n) is 12.7. The van der Waals surface area contributed by atoms with Crippen molar-refractivity contribution in [3.8, 4) is 5.75 Å². The molecule has 2 heteroatoms. The summed E-state index contributed by atoms with van der Waals surface area (Å²) in [5.41, 5.74) is 1.67. The molecule has 0 bridgehead atoms. The quantitative estimate of drug-likeness (QED) is 0.841. The maximum atomic E-state index is 6.24. The number of rotatable bonds is 6. The first-order chi connectivity index (χ1) is 9.20. The molecule has 1 N–H and O–H groups in total. The third-order valence-electron chi connectivity index (χ3n) is 5.06. The molecule has 1 aliphatic rings. The van der Waals surface area contributed by atoms with Crippen LogP contribution in [0.3, 0.4) is 0 Å². The molecule has 0 aliphatic heterocycles. The van der Waals surface area contributed by atoms with Crippen LogP contribution in [0.2, 0.25) is 0 Å². The first-order valence-electron chi connectivity index (χ1n) is 7.63. The minimum absolute atomic E-state index is 0.304. The van der Waals surface area contributed by atoms with Gasteiger partial charge in [0, 0.05) is 17.9 Å². The molecule has 0 spiro atoms. The van der Waals surface area contributed by atoms with Gasteiger partial charge in [0.05, 0.1) is 0 Å². The summed E-state index contributed by atoms with van der Waals surface area (Å²) in [4.78, 5) is 0. The highest BCUT2D eigenvalue weighted by Gasteiger charge is 2.53. The van der Waals surface area contributed by atoms with Gasteiger partial charge in [-0.15, -0.1) is 0 Å². The molecule has 0 saturated heterocycles. The van der Waals surface area contributed by atoms with E-state index in [1.807, 2.05) is 0 Å². The van der Waals surface area contributed by atoms with Crippen molar-refractivity contribution in [3.63, 3.8) is 0 Å². The van der Waals surface area contributed by atoms with Crippen LogP contribution in [0, 0.1) is 5.41 Å². The third kappa shape index (κ3) is 2.51. The maximum Gasteiger partial charge on any atom is 0.119 e. The van der Waals surface area contributed by atoms with E-state index in [0.717, 1.165) is 18.6 Å². The fourth-order valence-electron chi connectivity index (χ4n) is 3.48. The van der Waals surface area contributed by atoms with Crippen LogP contribution in [-0.4, -0.2) is 19.2 Å². The zero-order valence-corrected chi connectivity index (χ0v) is 12.7. The molecule has 106 valence electrons. The van der Waals surface area contributed by atoms with Gasteiger partial charge in [0.2, 0.25) is 0 Å². The van der Waals surface area contributed by atoms with Crippen LogP contribution in [0.25, 0.3) is 0 Å². The van der Waals surface area contributed by atoms with Crippen LogP contribution in [0.5, 0.6) is 5.75 Å². The van der Waals surface area contributed by atoms with Gasteiger partial charge in [-0.3, -0.25) is 0 Å². The molecule has 0 radical (unpaired) electrons. The van der Waals surface area contributed by atoms with Crippen LogP contribution < -0.4 is 10.1 Å². The highest BCUT2D eigenvalue weighted by atomic mass is 16.5. The lowest BCUT2D eigenvalue weighted by Gasteiger charge is -2.55. The van der Waals surface area contributed by atoms with E-state index in [4.69, 9.17) is 4.74 Å². The van der Waals surface area contributed by atoms with Gasteiger partial charge in [0.1, 0.15) is 11.9 Å². The minimum atomic E-state index is 0.304. The summed E-state index contributed by atoms with van der Waals surface area (Å²) in [7, 11) is 2.07. The lowest BCUT2D eigenvalue weighted by atomic mass is 9.58. The van der Waals surface area contributed by atoms with Gasteiger partial charge in [0.25, 0.3) is 0 Å². The van der Waals surface area contributed by atoms with Crippen molar-refractivity contribution in [2.45, 2.75) is 58.6 Å². The summed E-state index contributed by atoms with van der Waals surface area (Å²) in [6, 6.07) is 9.16. The number of aryl methyl sites for hydroxylation is 1. The van der Waals surface area contributed by atoms with Crippen molar-refractivity contribution >= 4 is 0 Å². The molecule has 0 amide bonds. The van der Waals surface area contributed by atoms with Gasteiger partial charge in [-0.25, -0.2) is 0 Å². The Labute approximate surface area is 117 Å². The predicted molar refractivity (Wildman–Crippen MR) is 80.7 cm³/mol. The van der Waals surface area contributed by atoms with Crippen LogP contribution in [-0.2, 0) is 6.42 Å². The summed E-state index contributed by atoms with van der Waals surface area (Å²) in [6.07, 6.45) is 4.90. The molecule has 1 saturated carbocycles. The Kier molecular flexibility index (Phi) is 4.51. The summed E-state index contributed by atoms with van der Waals surface area (Å²) >= 11 is 0. The number of nitrogens with one attached hydrogen (secondary N) is 1. The summed E-state index contributed by atoms with van der Waals surface area (Å²) in [5.74, 6) is 1.02. The molecule has 2 nitrogen and oxygen atoms in total. The first-order valence-corrected chi connectivity index (χ1v) is 7.63. The molecule has 0 aromatic heterocycles. The highest BCUT2D eigenvalue weighted by molar-refractivity contribution is 5.28. The molecule has 1 aliphatic carbocycles. The lowest BCUT2D eigenvalue weighted by Crippen LogP contribution is -2.63. The monoisotopic (exact) mass is 261 g/mol. The maximum absolute atomic E-state index is 6.24. The largest absolute Gasteiger partial charge is 0.490 e. The molecule has 0 heterocycles. The average Bonchev–Trinajstić information content (AvgIpc) is 2.45. The van der Waals surface area contributed by atoms with E-state index < -0.39 is 0 Å². The molecule has 1 fully saturated rings. The second-order valence-corrected chi connectivity index (χ2v) is 5.62. The van der Waals surface area contributed by atoms with Crippen molar-refractivity contribution in [2.24, 2.45) is 5.41 Å². The standard InChI is InChI=1S/C17H27NO/c1-5-13-8-10-14(11-9-13)19-16-12-15(18-4)17(16,6-2)7-3/h8-11,15-16,18H,5-7,12H2,1-4H3. The summed E-state index contributed by atoms with van der Waals surface area (Å²) < 4.78 is 6.24. The van der Waals surface area contributed by atoms with Crippen molar-refractivity contribution < 1.29 is 4.74 Å². The number of hydrogen-bond donors (Lipinski definition) is 1. The molecular weight excluding hydrogens is 234 g/mol. The van der Waals surface area contributed by atoms with Crippen LogP contribution >= 0.6 is 0 Å². The third-order valence-corrected chi connectivity index (χ3v) is 5.06. The highest BCUT2D eigenvalue weighted by Crippen LogP contribution is 2.48. The molecule has 2 rings (SSSR count). The van der Waals surface area contributed by atoms with Crippen LogP contribution in [0.4, 0.5) is 0 Å². The average molecular weight is 261 g/mol. The smallest absolute Gasteiger partial charge is 0.119 e. The van der Waals surface area contributed by atoms with Crippen molar-refractivity contribution in [2.75, 3.05) is 7.05 Å². The minimum Gasteiger partial charge on any atom is -0.490 e. The van der Waals surface area contributed by atoms with E-state index in [2.05, 4.69) is 57.4 Å². The first kappa shape index (κ1) is 14.4. The Morgan fingerprint density at radius 3 is 2.26 bits per heavy atom. The molecule has 1 aromatic rings. The Hall–Kier alpha value is -1.02. The van der Waals surface area contributed by atoms with Gasteiger partial charge in [0.15, 0.2) is 0 Å². The van der Waals surface area contributed by atoms with Crippen LogP contribution in [0.15, 0.2) is 24.3 Å². The number of benzene rings is 1. The van der Waals surface area contributed by atoms with E-state index >= 15 is 0 Å². The van der Waals surface area contributed by atoms with Gasteiger partial charge >= 0.3 is 0 Å². The topological polar surface area (TPSA) is 21.3 Å². The second-order valence-electron chi connectivity index (χ2n) is 5.62. The Morgan fingerprint density at radius 1 is 1.16 bits per heavy atom. The van der Waals surface area contributed by atoms with E-state index in [1.165, 1.54) is 18.4 Å². The fourth-order valence-corrected chi connectivity index (χ4v) is 3.48. The van der Waals surface area contributed by atoms with Crippen molar-refractivity contribution in [1.29, 1.82) is 0 Å². The molecule has 2 atom stereocenters. The molecule has 19 heavy (non-hydrogen) atoms. The lowest BCUT2D eigenvalue weighted by molar-refractivity contribution is -0.0835. The fraction of sp³-hybridized carbons (Fsp3) is 0.647. The normalized spacial score (nSPS) is 24.8. The van der Waals surface area contributed by atoms with Gasteiger partial charge in [-0.1, -0.05) is 32.9 Å². The summed E-state index contributed by atoms with van der Waals surface area (Å²) in [6.45, 7) is 6.74. The Balaban J connectivity index is 2.06. The zero-order chi connectivity index (χ0) is 13.9. The van der Waals surface area contributed by atoms with Crippen LogP contribution in [0.1, 0.15) is 45.6 Å². The number of ether oxygens (including phenoxy) is 1. The Bertz CT molecular complexity index is 394. The van der Waals surface area contributed by atoms with E-state index in [9.17, 15) is 0 Å². The van der Waals surface area contributed by atoms with Gasteiger partial charge < -0.3 is 10.1 Å². The summed E-state index contributed by atoms with van der Waals surface area (Å²) in [5, 5.41) is 3.45. The van der Waals surface area contributed by atoms with E-state index in [-0.39, 0.29) is 0 Å².